The van der Waals surface area contributed by atoms with Crippen molar-refractivity contribution in [1.82, 2.24) is 0 Å². The van der Waals surface area contributed by atoms with E-state index in [1.54, 1.807) is 24.3 Å². The lowest BCUT2D eigenvalue weighted by molar-refractivity contribution is -0.384. The maximum atomic E-state index is 12.0. The van der Waals surface area contributed by atoms with Gasteiger partial charge in [-0.2, -0.15) is 0 Å². The second-order valence-corrected chi connectivity index (χ2v) is 6.79. The Morgan fingerprint density at radius 2 is 2.07 bits per heavy atom. The predicted octanol–water partition coefficient (Wildman–Crippen LogP) is 4.07. The molecule has 142 valence electrons. The molecule has 0 N–H and O–H groups in total. The van der Waals surface area contributed by atoms with Crippen LogP contribution in [0.15, 0.2) is 48.5 Å². The number of non-ortho nitro benzene ring substituents is 1. The molecular weight excluding hydrogens is 442 g/mol. The molecule has 1 aliphatic heterocycles. The predicted molar refractivity (Wildman–Crippen MR) is 101 cm³/mol. The molecule has 1 heterocycles. The number of carbonyl (C=O) groups excluding carboxylic acids is 1. The van der Waals surface area contributed by atoms with E-state index in [0.717, 1.165) is 0 Å². The van der Waals surface area contributed by atoms with E-state index in [2.05, 4.69) is 15.9 Å². The molecule has 0 radical (unpaired) electrons. The minimum atomic E-state index is -1.21. The highest BCUT2D eigenvalue weighted by molar-refractivity contribution is 9.09. The second kappa shape index (κ2) is 8.35. The molecule has 2 atom stereocenters. The summed E-state index contributed by atoms with van der Waals surface area (Å²) in [5.74, 6) is -1.67. The summed E-state index contributed by atoms with van der Waals surface area (Å²) >= 11 is 9.55. The first-order valence-electron chi connectivity index (χ1n) is 7.99. The highest BCUT2D eigenvalue weighted by Crippen LogP contribution is 2.40. The molecule has 0 unspecified atom stereocenters. The van der Waals surface area contributed by atoms with Crippen LogP contribution in [0.2, 0.25) is 5.02 Å². The van der Waals surface area contributed by atoms with Crippen LogP contribution in [0.25, 0.3) is 0 Å². The van der Waals surface area contributed by atoms with Gasteiger partial charge >= 0.3 is 5.97 Å². The number of carbonyl (C=O) groups is 1. The second-order valence-electron chi connectivity index (χ2n) is 5.82. The third kappa shape index (κ3) is 4.30. The zero-order valence-electron chi connectivity index (χ0n) is 14.0. The number of nitro groups is 1. The highest BCUT2D eigenvalue weighted by Gasteiger charge is 2.44. The molecule has 0 amide bonds. The van der Waals surface area contributed by atoms with Crippen molar-refractivity contribution in [3.05, 3.63) is 74.8 Å². The minimum Gasteiger partial charge on any atom is -0.459 e. The summed E-state index contributed by atoms with van der Waals surface area (Å²) in [7, 11) is 0. The van der Waals surface area contributed by atoms with E-state index >= 15 is 0 Å². The number of hydrogen-bond acceptors (Lipinski definition) is 6. The highest BCUT2D eigenvalue weighted by atomic mass is 79.9. The fraction of sp³-hybridized carbons (Fsp3) is 0.278. The van der Waals surface area contributed by atoms with Crippen molar-refractivity contribution in [3.8, 4) is 0 Å². The molecule has 2 aromatic carbocycles. The van der Waals surface area contributed by atoms with E-state index in [9.17, 15) is 14.9 Å². The molecule has 0 bridgehead atoms. The fourth-order valence-corrected chi connectivity index (χ4v) is 3.60. The largest absolute Gasteiger partial charge is 0.459 e. The number of esters is 1. The normalized spacial score (nSPS) is 21.8. The third-order valence-corrected chi connectivity index (χ3v) is 5.07. The average Bonchev–Trinajstić information content (AvgIpc) is 3.11. The van der Waals surface area contributed by atoms with Crippen LogP contribution in [0.1, 0.15) is 15.9 Å². The van der Waals surface area contributed by atoms with Crippen LogP contribution in [-0.4, -0.2) is 35.5 Å². The van der Waals surface area contributed by atoms with E-state index < -0.39 is 22.8 Å². The van der Waals surface area contributed by atoms with Crippen molar-refractivity contribution in [2.24, 2.45) is 0 Å². The van der Waals surface area contributed by atoms with Gasteiger partial charge in [-0.25, -0.2) is 4.79 Å². The van der Waals surface area contributed by atoms with Crippen LogP contribution in [0, 0.1) is 10.1 Å². The van der Waals surface area contributed by atoms with Crippen molar-refractivity contribution in [1.29, 1.82) is 0 Å². The van der Waals surface area contributed by atoms with Gasteiger partial charge in [0.15, 0.2) is 0 Å². The maximum absolute atomic E-state index is 12.0. The fourth-order valence-electron chi connectivity index (χ4n) is 2.68. The number of nitro benzene ring substituents is 1. The summed E-state index contributed by atoms with van der Waals surface area (Å²) < 4.78 is 17.0. The van der Waals surface area contributed by atoms with Gasteiger partial charge in [-0.15, -0.1) is 0 Å². The summed E-state index contributed by atoms with van der Waals surface area (Å²) in [5.41, 5.74) is 0.782. The van der Waals surface area contributed by atoms with Crippen molar-refractivity contribution >= 4 is 39.2 Å². The topological polar surface area (TPSA) is 87.9 Å². The maximum Gasteiger partial charge on any atom is 0.338 e. The van der Waals surface area contributed by atoms with Crippen LogP contribution in [0.5, 0.6) is 0 Å². The molecule has 2 aromatic rings. The van der Waals surface area contributed by atoms with E-state index in [-0.39, 0.29) is 29.3 Å². The lowest BCUT2D eigenvalue weighted by Crippen LogP contribution is -2.31. The molecule has 3 rings (SSSR count). The van der Waals surface area contributed by atoms with E-state index in [1.165, 1.54) is 18.2 Å². The lowest BCUT2D eigenvalue weighted by atomic mass is 10.1. The molecule has 0 spiro atoms. The van der Waals surface area contributed by atoms with Gasteiger partial charge < -0.3 is 14.2 Å². The van der Waals surface area contributed by atoms with Gasteiger partial charge in [0.2, 0.25) is 5.79 Å². The van der Waals surface area contributed by atoms with Gasteiger partial charge in [0.25, 0.3) is 5.69 Å². The number of benzene rings is 2. The number of hydrogen-bond donors (Lipinski definition) is 0. The molecule has 0 saturated carbocycles. The van der Waals surface area contributed by atoms with Crippen molar-refractivity contribution < 1.29 is 23.9 Å². The molecule has 1 saturated heterocycles. The average molecular weight is 457 g/mol. The first kappa shape index (κ1) is 19.8. The third-order valence-electron chi connectivity index (χ3n) is 4.02. The zero-order valence-corrected chi connectivity index (χ0v) is 16.3. The number of rotatable bonds is 6. The summed E-state index contributed by atoms with van der Waals surface area (Å²) in [6.45, 7) is 0.189. The van der Waals surface area contributed by atoms with Gasteiger partial charge in [0, 0.05) is 17.7 Å². The Kier molecular flexibility index (Phi) is 6.11. The number of alkyl halides is 1. The van der Waals surface area contributed by atoms with Crippen LogP contribution in [0.3, 0.4) is 0 Å². The van der Waals surface area contributed by atoms with Crippen LogP contribution in [-0.2, 0) is 20.0 Å². The summed E-state index contributed by atoms with van der Waals surface area (Å²) in [5, 5.41) is 11.3. The van der Waals surface area contributed by atoms with E-state index in [1.807, 2.05) is 6.07 Å². The monoisotopic (exact) mass is 455 g/mol. The van der Waals surface area contributed by atoms with Gasteiger partial charge in [-0.3, -0.25) is 10.1 Å². The molecule has 7 nitrogen and oxygen atoms in total. The van der Waals surface area contributed by atoms with Crippen LogP contribution >= 0.6 is 27.5 Å². The molecule has 1 fully saturated rings. The Bertz CT molecular complexity index is 849. The standard InChI is InChI=1S/C18H15BrClNO6/c19-11-18(15-7-6-13(21(23)24)8-16(15)20)26-10-14(27-18)9-25-17(22)12-4-2-1-3-5-12/h1-8,14H,9-11H2/t14-,18+/m1/s1. The van der Waals surface area contributed by atoms with Crippen LogP contribution < -0.4 is 0 Å². The first-order chi connectivity index (χ1) is 12.9. The summed E-state index contributed by atoms with van der Waals surface area (Å²) in [4.78, 5) is 22.4. The summed E-state index contributed by atoms with van der Waals surface area (Å²) in [6, 6.07) is 12.7. The Morgan fingerprint density at radius 3 is 2.70 bits per heavy atom. The Labute approximate surface area is 168 Å². The Balaban J connectivity index is 1.69. The Morgan fingerprint density at radius 1 is 1.33 bits per heavy atom. The smallest absolute Gasteiger partial charge is 0.338 e. The van der Waals surface area contributed by atoms with Crippen LogP contribution in [0.4, 0.5) is 5.69 Å². The molecule has 27 heavy (non-hydrogen) atoms. The van der Waals surface area contributed by atoms with Gasteiger partial charge in [-0.1, -0.05) is 45.7 Å². The molecular formula is C18H15BrClNO6. The van der Waals surface area contributed by atoms with Gasteiger partial charge in [-0.05, 0) is 18.2 Å². The van der Waals surface area contributed by atoms with Crippen molar-refractivity contribution in [3.63, 3.8) is 0 Å². The molecule has 0 aromatic heterocycles. The molecule has 0 aliphatic carbocycles. The van der Waals surface area contributed by atoms with E-state index in [4.69, 9.17) is 25.8 Å². The number of ether oxygens (including phenoxy) is 3. The minimum absolute atomic E-state index is 0.00702. The Hall–Kier alpha value is -2.00. The zero-order chi connectivity index (χ0) is 19.4. The summed E-state index contributed by atoms with van der Waals surface area (Å²) in [6.07, 6.45) is -0.499. The number of halogens is 2. The molecule has 1 aliphatic rings. The van der Waals surface area contributed by atoms with Gasteiger partial charge in [0.1, 0.15) is 12.7 Å². The van der Waals surface area contributed by atoms with Gasteiger partial charge in [0.05, 0.1) is 27.4 Å². The number of nitrogens with zero attached hydrogens (tertiary/aromatic N) is 1. The van der Waals surface area contributed by atoms with E-state index in [0.29, 0.717) is 11.1 Å². The lowest BCUT2D eigenvalue weighted by Gasteiger charge is -2.27. The first-order valence-corrected chi connectivity index (χ1v) is 9.49. The quantitative estimate of drug-likeness (QED) is 0.282. The SMILES string of the molecule is O=C(OC[C@@H]1CO[C@](CBr)(c2ccc([N+](=O)[O-])cc2Cl)O1)c1ccccc1. The molecule has 9 heteroatoms. The van der Waals surface area contributed by atoms with Crippen molar-refractivity contribution in [2.45, 2.75) is 11.9 Å². The van der Waals surface area contributed by atoms with Crippen molar-refractivity contribution in [2.75, 3.05) is 18.5 Å².